The van der Waals surface area contributed by atoms with Crippen LogP contribution in [0.5, 0.6) is 5.75 Å². The number of nitrogens with two attached hydrogens (primary N) is 1. The largest absolute Gasteiger partial charge is 0.487 e. The van der Waals surface area contributed by atoms with Gasteiger partial charge >= 0.3 is 0 Å². The Hall–Kier alpha value is -3.39. The molecule has 0 aliphatic carbocycles. The van der Waals surface area contributed by atoms with Crippen LogP contribution in [0.4, 0.5) is 33.2 Å². The molecule has 0 amide bonds. The number of ether oxygens (including phenoxy) is 1. The predicted molar refractivity (Wildman–Crippen MR) is 117 cm³/mol. The van der Waals surface area contributed by atoms with E-state index in [1.165, 1.54) is 12.1 Å². The van der Waals surface area contributed by atoms with Gasteiger partial charge in [-0.1, -0.05) is 6.07 Å². The third-order valence-electron chi connectivity index (χ3n) is 4.77. The number of rotatable bonds is 8. The van der Waals surface area contributed by atoms with Crippen molar-refractivity contribution in [3.8, 4) is 5.75 Å². The Morgan fingerprint density at radius 1 is 1.00 bits per heavy atom. The van der Waals surface area contributed by atoms with E-state index in [1.54, 1.807) is 12.3 Å². The average Bonchev–Trinajstić information content (AvgIpc) is 3.29. The number of halogens is 1. The van der Waals surface area contributed by atoms with Crippen molar-refractivity contribution < 1.29 is 9.13 Å². The number of nitrogens with zero attached hydrogens (tertiary/aromatic N) is 3. The Labute approximate surface area is 175 Å². The molecule has 0 unspecified atom stereocenters. The fourth-order valence-electron chi connectivity index (χ4n) is 3.35. The van der Waals surface area contributed by atoms with Gasteiger partial charge in [0.15, 0.2) is 11.6 Å². The van der Waals surface area contributed by atoms with E-state index in [2.05, 4.69) is 25.5 Å². The molecule has 2 heterocycles. The quantitative estimate of drug-likeness (QED) is 0.518. The highest BCUT2D eigenvalue weighted by Gasteiger charge is 2.19. The summed E-state index contributed by atoms with van der Waals surface area (Å²) in [6.45, 7) is 2.78. The molecule has 4 rings (SSSR count). The van der Waals surface area contributed by atoms with Crippen molar-refractivity contribution in [1.82, 2.24) is 9.97 Å². The maximum absolute atomic E-state index is 13.3. The maximum atomic E-state index is 13.3. The van der Waals surface area contributed by atoms with Crippen LogP contribution >= 0.6 is 0 Å². The van der Waals surface area contributed by atoms with E-state index in [4.69, 9.17) is 10.5 Å². The van der Waals surface area contributed by atoms with E-state index in [1.807, 2.05) is 30.3 Å². The average molecular weight is 408 g/mol. The summed E-state index contributed by atoms with van der Waals surface area (Å²) in [7, 11) is 0. The molecule has 0 atom stereocenters. The zero-order valence-electron chi connectivity index (χ0n) is 16.6. The van der Waals surface area contributed by atoms with E-state index in [-0.39, 0.29) is 5.82 Å². The molecule has 30 heavy (non-hydrogen) atoms. The predicted octanol–water partition coefficient (Wildman–Crippen LogP) is 4.04. The number of hydrogen-bond donors (Lipinski definition) is 3. The first kappa shape index (κ1) is 19.9. The van der Waals surface area contributed by atoms with Gasteiger partial charge in [0.1, 0.15) is 12.4 Å². The molecule has 4 N–H and O–H groups in total. The van der Waals surface area contributed by atoms with Crippen molar-refractivity contribution in [1.29, 1.82) is 0 Å². The fraction of sp³-hybridized carbons (Fsp3) is 0.273. The summed E-state index contributed by atoms with van der Waals surface area (Å²) in [4.78, 5) is 11.3. The Bertz CT molecular complexity index is 976. The Morgan fingerprint density at radius 3 is 2.43 bits per heavy atom. The minimum atomic E-state index is -0.275. The van der Waals surface area contributed by atoms with Crippen LogP contribution in [0.1, 0.15) is 12.8 Å². The molecule has 1 saturated heterocycles. The Kier molecular flexibility index (Phi) is 6.24. The first-order valence-electron chi connectivity index (χ1n) is 10.1. The van der Waals surface area contributed by atoms with Crippen LogP contribution < -0.4 is 26.0 Å². The SMILES string of the molecule is NCCOc1cnc(Nc2ccc(Nc3cccc(F)c3)cc2)nc1N1CCCC1. The summed E-state index contributed by atoms with van der Waals surface area (Å²) in [5, 5.41) is 6.41. The molecule has 8 heteroatoms. The molecule has 156 valence electrons. The van der Waals surface area contributed by atoms with Gasteiger partial charge in [0.05, 0.1) is 6.20 Å². The zero-order chi connectivity index (χ0) is 20.8. The Balaban J connectivity index is 1.47. The fourth-order valence-corrected chi connectivity index (χ4v) is 3.35. The van der Waals surface area contributed by atoms with Gasteiger partial charge in [0.2, 0.25) is 5.95 Å². The minimum absolute atomic E-state index is 0.275. The summed E-state index contributed by atoms with van der Waals surface area (Å²) in [6.07, 6.45) is 3.98. The Morgan fingerprint density at radius 2 is 1.73 bits per heavy atom. The highest BCUT2D eigenvalue weighted by molar-refractivity contribution is 5.65. The lowest BCUT2D eigenvalue weighted by Crippen LogP contribution is -2.21. The number of aromatic nitrogens is 2. The van der Waals surface area contributed by atoms with Crippen molar-refractivity contribution in [2.75, 3.05) is 41.8 Å². The van der Waals surface area contributed by atoms with Crippen molar-refractivity contribution in [2.45, 2.75) is 12.8 Å². The normalized spacial score (nSPS) is 13.3. The molecule has 1 aliphatic heterocycles. The molecule has 0 saturated carbocycles. The summed E-state index contributed by atoms with van der Waals surface area (Å²) in [5.74, 6) is 1.68. The molecule has 1 aromatic heterocycles. The standard InChI is InChI=1S/C22H25FN6O/c23-16-4-3-5-19(14-16)26-17-6-8-18(9-7-17)27-22-25-15-20(30-13-10-24)21(28-22)29-11-1-2-12-29/h3-9,14-15,26H,1-2,10-13,24H2,(H,25,27,28). The van der Waals surface area contributed by atoms with E-state index in [9.17, 15) is 4.39 Å². The number of benzene rings is 2. The van der Waals surface area contributed by atoms with E-state index < -0.39 is 0 Å². The van der Waals surface area contributed by atoms with Gasteiger partial charge in [-0.2, -0.15) is 4.98 Å². The van der Waals surface area contributed by atoms with Gasteiger partial charge in [0.25, 0.3) is 0 Å². The van der Waals surface area contributed by atoms with Crippen LogP contribution in [-0.2, 0) is 0 Å². The molecule has 0 spiro atoms. The minimum Gasteiger partial charge on any atom is -0.487 e. The lowest BCUT2D eigenvalue weighted by molar-refractivity contribution is 0.326. The van der Waals surface area contributed by atoms with Crippen LogP contribution in [-0.4, -0.2) is 36.2 Å². The molecule has 0 bridgehead atoms. The van der Waals surface area contributed by atoms with E-state index in [0.29, 0.717) is 30.5 Å². The topological polar surface area (TPSA) is 88.3 Å². The van der Waals surface area contributed by atoms with Gasteiger partial charge in [-0.3, -0.25) is 0 Å². The lowest BCUT2D eigenvalue weighted by Gasteiger charge is -2.20. The molecule has 1 fully saturated rings. The molecular formula is C22H25FN6O. The second kappa shape index (κ2) is 9.41. The van der Waals surface area contributed by atoms with Crippen molar-refractivity contribution in [3.63, 3.8) is 0 Å². The van der Waals surface area contributed by atoms with Gasteiger partial charge in [-0.25, -0.2) is 9.37 Å². The van der Waals surface area contributed by atoms with Crippen molar-refractivity contribution in [3.05, 3.63) is 60.5 Å². The first-order valence-corrected chi connectivity index (χ1v) is 10.1. The van der Waals surface area contributed by atoms with Gasteiger partial charge in [-0.05, 0) is 55.3 Å². The van der Waals surface area contributed by atoms with Crippen LogP contribution in [0.25, 0.3) is 0 Å². The molecule has 2 aromatic carbocycles. The highest BCUT2D eigenvalue weighted by Crippen LogP contribution is 2.30. The summed E-state index contributed by atoms with van der Waals surface area (Å²) in [6, 6.07) is 14.0. The smallest absolute Gasteiger partial charge is 0.229 e. The number of nitrogens with one attached hydrogen (secondary N) is 2. The molecule has 1 aliphatic rings. The number of anilines is 5. The lowest BCUT2D eigenvalue weighted by atomic mass is 10.2. The second-order valence-electron chi connectivity index (χ2n) is 7.05. The van der Waals surface area contributed by atoms with Gasteiger partial charge in [-0.15, -0.1) is 0 Å². The molecule has 0 radical (unpaired) electrons. The summed E-state index contributed by atoms with van der Waals surface area (Å²) < 4.78 is 19.1. The van der Waals surface area contributed by atoms with E-state index >= 15 is 0 Å². The van der Waals surface area contributed by atoms with Crippen molar-refractivity contribution in [2.24, 2.45) is 5.73 Å². The maximum Gasteiger partial charge on any atom is 0.229 e. The van der Waals surface area contributed by atoms with Crippen molar-refractivity contribution >= 4 is 28.8 Å². The van der Waals surface area contributed by atoms with Crippen LogP contribution in [0, 0.1) is 5.82 Å². The number of hydrogen-bond acceptors (Lipinski definition) is 7. The summed E-state index contributed by atoms with van der Waals surface area (Å²) in [5.41, 5.74) is 7.97. The van der Waals surface area contributed by atoms with Crippen LogP contribution in [0.3, 0.4) is 0 Å². The van der Waals surface area contributed by atoms with Crippen LogP contribution in [0.2, 0.25) is 0 Å². The van der Waals surface area contributed by atoms with Crippen LogP contribution in [0.15, 0.2) is 54.7 Å². The third kappa shape index (κ3) is 4.96. The first-order chi connectivity index (χ1) is 14.7. The zero-order valence-corrected chi connectivity index (χ0v) is 16.6. The molecule has 3 aromatic rings. The highest BCUT2D eigenvalue weighted by atomic mass is 19.1. The second-order valence-corrected chi connectivity index (χ2v) is 7.05. The summed E-state index contributed by atoms with van der Waals surface area (Å²) >= 11 is 0. The van der Waals surface area contributed by atoms with Gasteiger partial charge in [0, 0.05) is 36.7 Å². The third-order valence-corrected chi connectivity index (χ3v) is 4.77. The molecular weight excluding hydrogens is 383 g/mol. The monoisotopic (exact) mass is 408 g/mol. The molecule has 7 nitrogen and oxygen atoms in total. The van der Waals surface area contributed by atoms with Gasteiger partial charge < -0.3 is 26.0 Å². The van der Waals surface area contributed by atoms with E-state index in [0.717, 1.165) is 43.1 Å².